The average Bonchev–Trinajstić information content (AvgIpc) is 2.48. The van der Waals surface area contributed by atoms with Gasteiger partial charge in [-0.05, 0) is 12.1 Å². The van der Waals surface area contributed by atoms with Crippen LogP contribution in [0.4, 0.5) is 0 Å². The molecule has 0 aromatic heterocycles. The van der Waals surface area contributed by atoms with Crippen LogP contribution in [-0.4, -0.2) is 45.7 Å². The van der Waals surface area contributed by atoms with Crippen LogP contribution in [0.5, 0.6) is 0 Å². The number of aliphatic hydroxyl groups is 3. The lowest BCUT2D eigenvalue weighted by atomic mass is 9.75. The molecule has 110 valence electrons. The molecule has 20 heavy (non-hydrogen) atoms. The third-order valence-corrected chi connectivity index (χ3v) is 4.08. The van der Waals surface area contributed by atoms with Crippen molar-refractivity contribution in [3.05, 3.63) is 35.9 Å². The first kappa shape index (κ1) is 15.0. The quantitative estimate of drug-likeness (QED) is 0.690. The largest absolute Gasteiger partial charge is 0.453 e. The molecule has 1 fully saturated rings. The minimum Gasteiger partial charge on any atom is -0.453 e. The smallest absolute Gasteiger partial charge is 0.338 e. The predicted octanol–water partition coefficient (Wildman–Crippen LogP) is 0.581. The molecule has 0 saturated heterocycles. The fraction of sp³-hybridized carbons (Fsp3) is 0.533. The Morgan fingerprint density at radius 3 is 1.95 bits per heavy atom. The first-order valence-corrected chi connectivity index (χ1v) is 6.73. The molecule has 0 spiro atoms. The molecule has 5 nitrogen and oxygen atoms in total. The van der Waals surface area contributed by atoms with Crippen LogP contribution in [0.15, 0.2) is 30.3 Å². The minimum absolute atomic E-state index is 0.360. The molecule has 0 radical (unpaired) electrons. The summed E-state index contributed by atoms with van der Waals surface area (Å²) in [7, 11) is 0. The van der Waals surface area contributed by atoms with Crippen LogP contribution in [0.1, 0.15) is 24.2 Å². The molecule has 6 atom stereocenters. The van der Waals surface area contributed by atoms with E-state index in [1.165, 1.54) is 0 Å². The van der Waals surface area contributed by atoms with Crippen molar-refractivity contribution in [2.24, 2.45) is 11.8 Å². The van der Waals surface area contributed by atoms with Crippen molar-refractivity contribution in [1.29, 1.82) is 0 Å². The Hall–Kier alpha value is -1.43. The molecule has 5 heteroatoms. The minimum atomic E-state index is -1.09. The van der Waals surface area contributed by atoms with Crippen LogP contribution in [0.3, 0.4) is 0 Å². The zero-order chi connectivity index (χ0) is 14.9. The lowest BCUT2D eigenvalue weighted by Crippen LogP contribution is -2.58. The summed E-state index contributed by atoms with van der Waals surface area (Å²) < 4.78 is 5.24. The van der Waals surface area contributed by atoms with Crippen molar-refractivity contribution in [3.8, 4) is 0 Å². The van der Waals surface area contributed by atoms with E-state index in [-0.39, 0.29) is 0 Å². The van der Waals surface area contributed by atoms with Gasteiger partial charge in [0.1, 0.15) is 0 Å². The van der Waals surface area contributed by atoms with Gasteiger partial charge < -0.3 is 20.1 Å². The molecule has 1 aromatic carbocycles. The Labute approximate surface area is 117 Å². The second-order valence-electron chi connectivity index (χ2n) is 5.43. The van der Waals surface area contributed by atoms with Crippen molar-refractivity contribution in [3.63, 3.8) is 0 Å². The van der Waals surface area contributed by atoms with Gasteiger partial charge in [0.05, 0.1) is 23.9 Å². The molecule has 3 unspecified atom stereocenters. The summed E-state index contributed by atoms with van der Waals surface area (Å²) in [4.78, 5) is 12.0. The molecule has 1 aromatic rings. The van der Waals surface area contributed by atoms with Crippen LogP contribution >= 0.6 is 0 Å². The van der Waals surface area contributed by atoms with E-state index in [2.05, 4.69) is 0 Å². The third kappa shape index (κ3) is 2.70. The highest BCUT2D eigenvalue weighted by Crippen LogP contribution is 2.32. The summed E-state index contributed by atoms with van der Waals surface area (Å²) in [5.41, 5.74) is 0.360. The molecule has 1 saturated carbocycles. The number of hydrogen-bond donors (Lipinski definition) is 3. The number of rotatable bonds is 2. The van der Waals surface area contributed by atoms with E-state index in [9.17, 15) is 20.1 Å². The molecular formula is C15H20O5. The molecule has 2 rings (SSSR count). The molecule has 0 aliphatic heterocycles. The number of carbonyl (C=O) groups is 1. The predicted molar refractivity (Wildman–Crippen MR) is 72.0 cm³/mol. The fourth-order valence-corrected chi connectivity index (χ4v) is 2.59. The average molecular weight is 280 g/mol. The molecule has 3 N–H and O–H groups in total. The number of esters is 1. The molecule has 0 heterocycles. The van der Waals surface area contributed by atoms with Gasteiger partial charge >= 0.3 is 5.97 Å². The second kappa shape index (κ2) is 5.91. The van der Waals surface area contributed by atoms with Gasteiger partial charge in [-0.1, -0.05) is 32.0 Å². The molecule has 1 aliphatic carbocycles. The Morgan fingerprint density at radius 1 is 0.950 bits per heavy atom. The van der Waals surface area contributed by atoms with E-state index in [0.29, 0.717) is 5.56 Å². The maximum absolute atomic E-state index is 12.0. The van der Waals surface area contributed by atoms with Crippen molar-refractivity contribution in [1.82, 2.24) is 0 Å². The Kier molecular flexibility index (Phi) is 4.42. The first-order valence-electron chi connectivity index (χ1n) is 6.73. The van der Waals surface area contributed by atoms with Crippen LogP contribution in [0.2, 0.25) is 0 Å². The van der Waals surface area contributed by atoms with E-state index in [0.717, 1.165) is 0 Å². The summed E-state index contributed by atoms with van der Waals surface area (Å²) in [6.45, 7) is 3.34. The maximum atomic E-state index is 12.0. The van der Waals surface area contributed by atoms with Gasteiger partial charge in [-0.25, -0.2) is 4.79 Å². The van der Waals surface area contributed by atoms with Gasteiger partial charge in [0.15, 0.2) is 6.10 Å². The number of benzene rings is 1. The normalized spacial score (nSPS) is 37.5. The van der Waals surface area contributed by atoms with Gasteiger partial charge in [-0.2, -0.15) is 0 Å². The number of carbonyl (C=O) groups excluding carboxylic acids is 1. The monoisotopic (exact) mass is 280 g/mol. The summed E-state index contributed by atoms with van der Waals surface area (Å²) >= 11 is 0. The molecule has 1 aliphatic rings. The van der Waals surface area contributed by atoms with Crippen molar-refractivity contribution < 1.29 is 24.9 Å². The van der Waals surface area contributed by atoms with E-state index in [1.54, 1.807) is 44.2 Å². The topological polar surface area (TPSA) is 87.0 Å². The van der Waals surface area contributed by atoms with Crippen LogP contribution in [0.25, 0.3) is 0 Å². The van der Waals surface area contributed by atoms with Crippen LogP contribution in [0, 0.1) is 11.8 Å². The maximum Gasteiger partial charge on any atom is 0.338 e. The van der Waals surface area contributed by atoms with Gasteiger partial charge in [0, 0.05) is 11.8 Å². The zero-order valence-electron chi connectivity index (χ0n) is 11.5. The first-order chi connectivity index (χ1) is 9.43. The highest BCUT2D eigenvalue weighted by atomic mass is 16.6. The SMILES string of the molecule is CC1C(O)[C@H](C)[C@@H](O)C(OC(=O)c2ccccc2)[C@@H]1O. The van der Waals surface area contributed by atoms with Crippen molar-refractivity contribution in [2.45, 2.75) is 38.3 Å². The Morgan fingerprint density at radius 2 is 1.45 bits per heavy atom. The van der Waals surface area contributed by atoms with Crippen LogP contribution in [-0.2, 0) is 4.74 Å². The number of ether oxygens (including phenoxy) is 1. The lowest BCUT2D eigenvalue weighted by Gasteiger charge is -2.43. The van der Waals surface area contributed by atoms with E-state index in [4.69, 9.17) is 4.74 Å². The standard InChI is InChI=1S/C15H20O5/c1-8-11(16)9(2)13(18)14(12(8)17)20-15(19)10-6-4-3-5-7-10/h3-9,11-14,16-18H,1-2H3/t8-,9?,11?,12+,13+,14?/m0/s1. The zero-order valence-corrected chi connectivity index (χ0v) is 11.5. The van der Waals surface area contributed by atoms with Gasteiger partial charge in [0.25, 0.3) is 0 Å². The fourth-order valence-electron chi connectivity index (χ4n) is 2.59. The Bertz CT molecular complexity index is 445. The highest BCUT2D eigenvalue weighted by Gasteiger charge is 2.47. The number of aliphatic hydroxyl groups excluding tert-OH is 3. The van der Waals surface area contributed by atoms with Crippen molar-refractivity contribution in [2.75, 3.05) is 0 Å². The van der Waals surface area contributed by atoms with E-state index < -0.39 is 42.2 Å². The lowest BCUT2D eigenvalue weighted by molar-refractivity contribution is -0.173. The summed E-state index contributed by atoms with van der Waals surface area (Å²) in [5, 5.41) is 30.1. The number of hydrogen-bond acceptors (Lipinski definition) is 5. The second-order valence-corrected chi connectivity index (χ2v) is 5.43. The van der Waals surface area contributed by atoms with Gasteiger partial charge in [-0.3, -0.25) is 0 Å². The van der Waals surface area contributed by atoms with Gasteiger partial charge in [-0.15, -0.1) is 0 Å². The Balaban J connectivity index is 2.13. The molecule has 0 amide bonds. The highest BCUT2D eigenvalue weighted by molar-refractivity contribution is 5.89. The summed E-state index contributed by atoms with van der Waals surface area (Å²) in [5.74, 6) is -1.53. The molecular weight excluding hydrogens is 260 g/mol. The summed E-state index contributed by atoms with van der Waals surface area (Å²) in [6.07, 6.45) is -4.05. The van der Waals surface area contributed by atoms with Crippen molar-refractivity contribution >= 4 is 5.97 Å². The third-order valence-electron chi connectivity index (χ3n) is 4.08. The summed E-state index contributed by atoms with van der Waals surface area (Å²) in [6, 6.07) is 8.40. The van der Waals surface area contributed by atoms with Gasteiger partial charge in [0.2, 0.25) is 0 Å². The van der Waals surface area contributed by atoms with Crippen LogP contribution < -0.4 is 0 Å². The molecule has 0 bridgehead atoms. The van der Waals surface area contributed by atoms with E-state index >= 15 is 0 Å². The van der Waals surface area contributed by atoms with E-state index in [1.807, 2.05) is 0 Å².